The highest BCUT2D eigenvalue weighted by Gasteiger charge is 2.33. The van der Waals surface area contributed by atoms with E-state index in [0.29, 0.717) is 5.56 Å². The fraction of sp³-hybridized carbons (Fsp3) is 0.286. The van der Waals surface area contributed by atoms with E-state index < -0.39 is 18.1 Å². The maximum absolute atomic E-state index is 12.7. The number of hydrogen-bond donors (Lipinski definition) is 0. The van der Waals surface area contributed by atoms with Crippen molar-refractivity contribution in [1.82, 2.24) is 4.98 Å². The van der Waals surface area contributed by atoms with Gasteiger partial charge in [-0.05, 0) is 18.6 Å². The quantitative estimate of drug-likeness (QED) is 0.642. The van der Waals surface area contributed by atoms with Crippen molar-refractivity contribution >= 4 is 0 Å². The van der Waals surface area contributed by atoms with Gasteiger partial charge in [-0.15, -0.1) is 13.2 Å². The molecular weight excluding hydrogens is 190 g/mol. The molecule has 0 saturated heterocycles. The number of ether oxygens (including phenoxy) is 1. The summed E-state index contributed by atoms with van der Waals surface area (Å²) in [5, 5.41) is 0. The summed E-state index contributed by atoms with van der Waals surface area (Å²) in [6, 6.07) is 0.911. The number of halogens is 4. The summed E-state index contributed by atoms with van der Waals surface area (Å²) < 4.78 is 50.8. The molecule has 0 aliphatic carbocycles. The smallest absolute Gasteiger partial charge is 0.385 e. The van der Waals surface area contributed by atoms with Crippen LogP contribution in [0.2, 0.25) is 0 Å². The first-order valence-corrected chi connectivity index (χ1v) is 3.26. The van der Waals surface area contributed by atoms with Gasteiger partial charge in [0.05, 0.1) is 0 Å². The lowest BCUT2D eigenvalue weighted by molar-refractivity contribution is -0.277. The Bertz CT molecular complexity index is 310. The first-order chi connectivity index (χ1) is 5.88. The summed E-state index contributed by atoms with van der Waals surface area (Å²) >= 11 is 0. The fourth-order valence-electron chi connectivity index (χ4n) is 0.706. The summed E-state index contributed by atoms with van der Waals surface area (Å²) in [7, 11) is 0. The molecule has 0 unspecified atom stereocenters. The monoisotopic (exact) mass is 195 g/mol. The highest BCUT2D eigenvalue weighted by Crippen LogP contribution is 2.23. The topological polar surface area (TPSA) is 22.1 Å². The number of pyridine rings is 1. The van der Waals surface area contributed by atoms with Crippen LogP contribution in [-0.4, -0.2) is 11.3 Å². The summed E-state index contributed by atoms with van der Waals surface area (Å²) in [6.07, 6.45) is -3.83. The third-order valence-corrected chi connectivity index (χ3v) is 1.16. The Labute approximate surface area is 71.2 Å². The number of alkyl halides is 3. The first kappa shape index (κ1) is 9.76. The van der Waals surface area contributed by atoms with Crippen molar-refractivity contribution in [3.05, 3.63) is 23.6 Å². The molecule has 13 heavy (non-hydrogen) atoms. The summed E-state index contributed by atoms with van der Waals surface area (Å²) in [4.78, 5) is 3.15. The zero-order valence-corrected chi connectivity index (χ0v) is 6.52. The van der Waals surface area contributed by atoms with Crippen molar-refractivity contribution in [2.75, 3.05) is 0 Å². The predicted octanol–water partition coefficient (Wildman–Crippen LogP) is 2.43. The number of nitrogens with zero attached hydrogens (tertiary/aromatic N) is 1. The van der Waals surface area contributed by atoms with E-state index in [1.807, 2.05) is 0 Å². The van der Waals surface area contributed by atoms with Crippen LogP contribution in [0.25, 0.3) is 0 Å². The maximum atomic E-state index is 12.7. The van der Waals surface area contributed by atoms with Crippen LogP contribution in [0.4, 0.5) is 17.6 Å². The van der Waals surface area contributed by atoms with Crippen LogP contribution in [0.15, 0.2) is 12.3 Å². The van der Waals surface area contributed by atoms with Crippen LogP contribution in [0.1, 0.15) is 5.56 Å². The highest BCUT2D eigenvalue weighted by molar-refractivity contribution is 5.19. The van der Waals surface area contributed by atoms with E-state index in [-0.39, 0.29) is 0 Å². The Balaban J connectivity index is 2.90. The minimum Gasteiger partial charge on any atom is -0.385 e. The lowest BCUT2D eigenvalue weighted by Crippen LogP contribution is -2.18. The summed E-state index contributed by atoms with van der Waals surface area (Å²) in [6.45, 7) is 1.51. The third-order valence-electron chi connectivity index (χ3n) is 1.16. The van der Waals surface area contributed by atoms with Gasteiger partial charge in [0.1, 0.15) is 0 Å². The van der Waals surface area contributed by atoms with Gasteiger partial charge in [-0.25, -0.2) is 9.37 Å². The Morgan fingerprint density at radius 1 is 1.38 bits per heavy atom. The van der Waals surface area contributed by atoms with E-state index in [0.717, 1.165) is 12.3 Å². The van der Waals surface area contributed by atoms with Gasteiger partial charge in [0.25, 0.3) is 5.88 Å². The van der Waals surface area contributed by atoms with E-state index in [2.05, 4.69) is 9.72 Å². The van der Waals surface area contributed by atoms with Crippen LogP contribution in [0.3, 0.4) is 0 Å². The molecule has 0 fully saturated rings. The Morgan fingerprint density at radius 2 is 2.00 bits per heavy atom. The molecule has 0 saturated carbocycles. The van der Waals surface area contributed by atoms with Crippen LogP contribution in [0.5, 0.6) is 5.88 Å². The molecule has 1 rings (SSSR count). The zero-order chi connectivity index (χ0) is 10.1. The van der Waals surface area contributed by atoms with Crippen molar-refractivity contribution in [3.8, 4) is 5.88 Å². The second kappa shape index (κ2) is 3.20. The number of aryl methyl sites for hydroxylation is 1. The lowest BCUT2D eigenvalue weighted by Gasteiger charge is -2.08. The van der Waals surface area contributed by atoms with Crippen LogP contribution < -0.4 is 4.74 Å². The molecule has 0 atom stereocenters. The molecule has 1 aromatic rings. The number of aromatic nitrogens is 1. The lowest BCUT2D eigenvalue weighted by atomic mass is 10.3. The molecule has 2 nitrogen and oxygen atoms in total. The van der Waals surface area contributed by atoms with Gasteiger partial charge in [0.2, 0.25) is 0 Å². The molecule has 1 heterocycles. The van der Waals surface area contributed by atoms with Crippen molar-refractivity contribution < 1.29 is 22.3 Å². The molecule has 1 aromatic heterocycles. The predicted molar refractivity (Wildman–Crippen MR) is 35.6 cm³/mol. The Morgan fingerprint density at radius 3 is 2.46 bits per heavy atom. The van der Waals surface area contributed by atoms with Crippen molar-refractivity contribution in [2.24, 2.45) is 0 Å². The second-order valence-corrected chi connectivity index (χ2v) is 2.35. The third kappa shape index (κ3) is 2.89. The van der Waals surface area contributed by atoms with E-state index in [1.54, 1.807) is 0 Å². The van der Waals surface area contributed by atoms with Crippen LogP contribution in [0, 0.1) is 12.7 Å². The molecule has 0 radical (unpaired) electrons. The normalized spacial score (nSPS) is 11.5. The van der Waals surface area contributed by atoms with Gasteiger partial charge in [-0.1, -0.05) is 0 Å². The number of hydrogen-bond acceptors (Lipinski definition) is 2. The molecule has 0 aliphatic heterocycles. The van der Waals surface area contributed by atoms with Crippen molar-refractivity contribution in [3.63, 3.8) is 0 Å². The van der Waals surface area contributed by atoms with Crippen molar-refractivity contribution in [1.29, 1.82) is 0 Å². The molecule has 0 N–H and O–H groups in total. The van der Waals surface area contributed by atoms with E-state index in [1.165, 1.54) is 6.92 Å². The van der Waals surface area contributed by atoms with Crippen LogP contribution in [-0.2, 0) is 0 Å². The van der Waals surface area contributed by atoms with E-state index in [4.69, 9.17) is 0 Å². The standard InChI is InChI=1S/C7H5F4NO/c1-4-2-5(8)6(12-3-4)13-7(9,10)11/h2-3H,1H3. The molecular formula is C7H5F4NO. The Hall–Kier alpha value is -1.33. The molecule has 0 aromatic carbocycles. The highest BCUT2D eigenvalue weighted by atomic mass is 19.4. The summed E-state index contributed by atoms with van der Waals surface area (Å²) in [5.41, 5.74) is 0.423. The Kier molecular flexibility index (Phi) is 2.40. The molecule has 0 aliphatic rings. The van der Waals surface area contributed by atoms with Crippen molar-refractivity contribution in [2.45, 2.75) is 13.3 Å². The van der Waals surface area contributed by atoms with Gasteiger partial charge < -0.3 is 4.74 Å². The average molecular weight is 195 g/mol. The van der Waals surface area contributed by atoms with Gasteiger partial charge in [0.15, 0.2) is 5.82 Å². The van der Waals surface area contributed by atoms with Gasteiger partial charge in [-0.3, -0.25) is 0 Å². The minimum atomic E-state index is -4.91. The zero-order valence-electron chi connectivity index (χ0n) is 6.52. The SMILES string of the molecule is Cc1cnc(OC(F)(F)F)c(F)c1. The number of rotatable bonds is 1. The summed E-state index contributed by atoms with van der Waals surface area (Å²) in [5.74, 6) is -2.18. The largest absolute Gasteiger partial charge is 0.574 e. The van der Waals surface area contributed by atoms with E-state index in [9.17, 15) is 17.6 Å². The molecule has 0 spiro atoms. The average Bonchev–Trinajstić information content (AvgIpc) is 1.93. The van der Waals surface area contributed by atoms with Gasteiger partial charge in [0, 0.05) is 6.20 Å². The molecule has 0 amide bonds. The fourth-order valence-corrected chi connectivity index (χ4v) is 0.706. The van der Waals surface area contributed by atoms with Gasteiger partial charge in [-0.2, -0.15) is 0 Å². The molecule has 72 valence electrons. The van der Waals surface area contributed by atoms with E-state index >= 15 is 0 Å². The maximum Gasteiger partial charge on any atom is 0.574 e. The second-order valence-electron chi connectivity index (χ2n) is 2.35. The van der Waals surface area contributed by atoms with Gasteiger partial charge >= 0.3 is 6.36 Å². The minimum absolute atomic E-state index is 0.423. The molecule has 6 heteroatoms. The molecule has 0 bridgehead atoms. The van der Waals surface area contributed by atoms with Crippen LogP contribution >= 0.6 is 0 Å². The first-order valence-electron chi connectivity index (χ1n) is 3.26.